The monoisotopic (exact) mass is 641 g/mol. The van der Waals surface area contributed by atoms with Crippen LogP contribution in [0.1, 0.15) is 48.1 Å². The maximum atomic E-state index is 13.9. The van der Waals surface area contributed by atoms with Gasteiger partial charge in [0.15, 0.2) is 22.5 Å². The maximum Gasteiger partial charge on any atom is 0.282 e. The topological polar surface area (TPSA) is 108 Å². The minimum atomic E-state index is -3.02. The number of thioether (sulfide) groups is 1. The first-order chi connectivity index (χ1) is 21.1. The molecular formula is C27H25F6N7O3S. The number of halogens is 6. The van der Waals surface area contributed by atoms with Gasteiger partial charge in [-0.2, -0.15) is 10.2 Å². The number of alkyl halides is 4. The van der Waals surface area contributed by atoms with E-state index in [1.807, 2.05) is 0 Å². The van der Waals surface area contributed by atoms with Crippen LogP contribution in [0.15, 0.2) is 52.7 Å². The Morgan fingerprint density at radius 2 is 1.84 bits per heavy atom. The number of benzene rings is 2. The zero-order valence-electron chi connectivity index (χ0n) is 23.2. The lowest BCUT2D eigenvalue weighted by atomic mass is 10.1. The molecule has 0 aliphatic carbocycles. The van der Waals surface area contributed by atoms with Crippen molar-refractivity contribution in [1.82, 2.24) is 30.0 Å². The SMILES string of the molecule is CCn1c(Cn2nc(C(F)F)cc2C(F)F)nnc1SCC(=O)N/N=C\c1ccc(OC)c(COc2ccc(F)cc2F)c1. The van der Waals surface area contributed by atoms with Crippen LogP contribution in [0.25, 0.3) is 0 Å². The van der Waals surface area contributed by atoms with Crippen molar-refractivity contribution in [1.29, 1.82) is 0 Å². The molecule has 4 aromatic rings. The summed E-state index contributed by atoms with van der Waals surface area (Å²) in [5.41, 5.74) is 2.03. The van der Waals surface area contributed by atoms with E-state index >= 15 is 0 Å². The molecular weight excluding hydrogens is 616 g/mol. The van der Waals surface area contributed by atoms with E-state index < -0.39 is 41.8 Å². The summed E-state index contributed by atoms with van der Waals surface area (Å²) in [5, 5.41) is 15.8. The van der Waals surface area contributed by atoms with Crippen LogP contribution in [-0.4, -0.2) is 49.5 Å². The molecule has 2 heterocycles. The van der Waals surface area contributed by atoms with Crippen molar-refractivity contribution in [3.63, 3.8) is 0 Å². The summed E-state index contributed by atoms with van der Waals surface area (Å²) in [6, 6.07) is 8.56. The lowest BCUT2D eigenvalue weighted by Crippen LogP contribution is -2.20. The van der Waals surface area contributed by atoms with Crippen LogP contribution >= 0.6 is 11.8 Å². The van der Waals surface area contributed by atoms with Crippen molar-refractivity contribution in [3.05, 3.63) is 82.4 Å². The van der Waals surface area contributed by atoms with Crippen molar-refractivity contribution in [3.8, 4) is 11.5 Å². The molecule has 1 N–H and O–H groups in total. The van der Waals surface area contributed by atoms with Gasteiger partial charge in [0.05, 0.1) is 19.1 Å². The fourth-order valence-electron chi connectivity index (χ4n) is 3.94. The Hall–Kier alpha value is -4.54. The van der Waals surface area contributed by atoms with Gasteiger partial charge in [-0.1, -0.05) is 11.8 Å². The number of methoxy groups -OCH3 is 1. The van der Waals surface area contributed by atoms with Crippen LogP contribution in [0.3, 0.4) is 0 Å². The van der Waals surface area contributed by atoms with Crippen molar-refractivity contribution in [2.75, 3.05) is 12.9 Å². The molecule has 0 radical (unpaired) electrons. The summed E-state index contributed by atoms with van der Waals surface area (Å²) < 4.78 is 92.8. The van der Waals surface area contributed by atoms with Crippen molar-refractivity contribution >= 4 is 23.9 Å². The molecule has 0 bridgehead atoms. The lowest BCUT2D eigenvalue weighted by Gasteiger charge is -2.11. The molecule has 234 valence electrons. The minimum Gasteiger partial charge on any atom is -0.496 e. The second-order valence-corrected chi connectivity index (χ2v) is 9.86. The maximum absolute atomic E-state index is 13.9. The molecule has 0 fully saturated rings. The molecule has 17 heteroatoms. The van der Waals surface area contributed by atoms with Crippen LogP contribution in [0, 0.1) is 11.6 Å². The van der Waals surface area contributed by atoms with Gasteiger partial charge in [0.1, 0.15) is 36.1 Å². The predicted molar refractivity (Wildman–Crippen MR) is 147 cm³/mol. The van der Waals surface area contributed by atoms with E-state index in [9.17, 15) is 31.1 Å². The van der Waals surface area contributed by atoms with Gasteiger partial charge in [0.2, 0.25) is 0 Å². The first-order valence-corrected chi connectivity index (χ1v) is 13.8. The molecule has 0 aliphatic rings. The predicted octanol–water partition coefficient (Wildman–Crippen LogP) is 5.53. The Morgan fingerprint density at radius 1 is 1.07 bits per heavy atom. The average molecular weight is 642 g/mol. The summed E-state index contributed by atoms with van der Waals surface area (Å²) in [7, 11) is 1.45. The van der Waals surface area contributed by atoms with Gasteiger partial charge in [-0.15, -0.1) is 10.2 Å². The number of rotatable bonds is 14. The van der Waals surface area contributed by atoms with Crippen LogP contribution in [0.2, 0.25) is 0 Å². The summed E-state index contributed by atoms with van der Waals surface area (Å²) in [4.78, 5) is 12.4. The molecule has 2 aromatic heterocycles. The van der Waals surface area contributed by atoms with Gasteiger partial charge in [-0.05, 0) is 48.9 Å². The van der Waals surface area contributed by atoms with Gasteiger partial charge in [0.25, 0.3) is 18.8 Å². The Balaban J connectivity index is 1.34. The minimum absolute atomic E-state index is 0.0896. The third-order valence-corrected chi connectivity index (χ3v) is 6.96. The number of nitrogens with one attached hydrogen (secondary N) is 1. The van der Waals surface area contributed by atoms with E-state index in [1.54, 1.807) is 29.7 Å². The molecule has 2 aromatic carbocycles. The second kappa shape index (κ2) is 14.8. The molecule has 0 saturated carbocycles. The molecule has 0 aliphatic heterocycles. The first kappa shape index (κ1) is 32.4. The zero-order chi connectivity index (χ0) is 31.8. The Bertz CT molecular complexity index is 1630. The Morgan fingerprint density at radius 3 is 2.52 bits per heavy atom. The number of amides is 1. The highest BCUT2D eigenvalue weighted by atomic mass is 32.2. The van der Waals surface area contributed by atoms with E-state index in [0.717, 1.165) is 22.5 Å². The van der Waals surface area contributed by atoms with Crippen LogP contribution in [0.5, 0.6) is 11.5 Å². The first-order valence-electron chi connectivity index (χ1n) is 12.8. The van der Waals surface area contributed by atoms with E-state index in [2.05, 4.69) is 25.8 Å². The molecule has 10 nitrogen and oxygen atoms in total. The normalized spacial score (nSPS) is 11.6. The molecule has 0 saturated heterocycles. The summed E-state index contributed by atoms with van der Waals surface area (Å²) in [6.45, 7) is 1.65. The van der Waals surface area contributed by atoms with E-state index in [-0.39, 0.29) is 30.5 Å². The smallest absolute Gasteiger partial charge is 0.282 e. The third kappa shape index (κ3) is 8.09. The number of hydrazone groups is 1. The zero-order valence-corrected chi connectivity index (χ0v) is 24.0. The number of carbonyl (C=O) groups excluding carboxylic acids is 1. The molecule has 0 unspecified atom stereocenters. The fourth-order valence-corrected chi connectivity index (χ4v) is 4.75. The van der Waals surface area contributed by atoms with Crippen LogP contribution in [-0.2, 0) is 24.5 Å². The third-order valence-electron chi connectivity index (χ3n) is 5.99. The number of ether oxygens (including phenoxy) is 2. The largest absolute Gasteiger partial charge is 0.496 e. The molecule has 4 rings (SSSR count). The van der Waals surface area contributed by atoms with E-state index in [1.165, 1.54) is 19.4 Å². The lowest BCUT2D eigenvalue weighted by molar-refractivity contribution is -0.118. The van der Waals surface area contributed by atoms with Crippen LogP contribution < -0.4 is 14.9 Å². The Labute approximate surface area is 251 Å². The molecule has 0 atom stereocenters. The number of carbonyl (C=O) groups is 1. The second-order valence-electron chi connectivity index (χ2n) is 8.91. The molecule has 1 amide bonds. The standard InChI is InChI=1S/C27H25F6N7O3S/c1-3-39-23(12-40-20(26(32)33)10-19(38-40)25(30)31)35-37-27(39)44-14-24(41)36-34-11-15-4-6-21(42-2)16(8-15)13-43-22-7-5-17(28)9-18(22)29/h4-11,25-26H,3,12-14H2,1-2H3,(H,36,41)/b34-11-. The number of hydrogen-bond donors (Lipinski definition) is 1. The highest BCUT2D eigenvalue weighted by Crippen LogP contribution is 2.27. The number of aromatic nitrogens is 5. The summed E-state index contributed by atoms with van der Waals surface area (Å²) in [5.74, 6) is -1.68. The molecule has 0 spiro atoms. The number of nitrogens with zero attached hydrogens (tertiary/aromatic N) is 6. The highest BCUT2D eigenvalue weighted by Gasteiger charge is 2.23. The number of hydrogen-bond acceptors (Lipinski definition) is 8. The van der Waals surface area contributed by atoms with Gasteiger partial charge in [0, 0.05) is 18.2 Å². The van der Waals surface area contributed by atoms with Crippen molar-refractivity contribution < 1.29 is 40.6 Å². The molecule has 44 heavy (non-hydrogen) atoms. The van der Waals surface area contributed by atoms with Crippen molar-refractivity contribution in [2.24, 2.45) is 5.10 Å². The van der Waals surface area contributed by atoms with Crippen molar-refractivity contribution in [2.45, 2.75) is 44.6 Å². The Kier molecular flexibility index (Phi) is 10.9. The van der Waals surface area contributed by atoms with Gasteiger partial charge < -0.3 is 14.0 Å². The average Bonchev–Trinajstić information content (AvgIpc) is 3.60. The summed E-state index contributed by atoms with van der Waals surface area (Å²) in [6.07, 6.45) is -4.66. The highest BCUT2D eigenvalue weighted by molar-refractivity contribution is 7.99. The van der Waals surface area contributed by atoms with Gasteiger partial charge in [-0.3, -0.25) is 9.48 Å². The van der Waals surface area contributed by atoms with Gasteiger partial charge >= 0.3 is 0 Å². The summed E-state index contributed by atoms with van der Waals surface area (Å²) >= 11 is 1.01. The van der Waals surface area contributed by atoms with E-state index in [4.69, 9.17) is 9.47 Å². The fraction of sp³-hybridized carbons (Fsp3) is 0.296. The quantitative estimate of drug-likeness (QED) is 0.0836. The van der Waals surface area contributed by atoms with E-state index in [0.29, 0.717) is 40.7 Å². The van der Waals surface area contributed by atoms with Gasteiger partial charge in [-0.25, -0.2) is 31.8 Å². The van der Waals surface area contributed by atoms with Crippen LogP contribution in [0.4, 0.5) is 26.3 Å².